The third-order valence-corrected chi connectivity index (χ3v) is 4.89. The van der Waals surface area contributed by atoms with E-state index in [4.69, 9.17) is 5.73 Å². The Morgan fingerprint density at radius 3 is 1.47 bits per heavy atom. The molecule has 0 heterocycles. The average molecular weight is 645 g/mol. The van der Waals surface area contributed by atoms with Crippen LogP contribution < -0.4 is 31.3 Å². The average Bonchev–Trinajstić information content (AvgIpc) is 2.70. The van der Waals surface area contributed by atoms with Crippen LogP contribution in [0, 0.1) is 49.4 Å². The number of carbonyl (C=O) groups is 5. The molecule has 0 aromatic heterocycles. The Morgan fingerprint density at radius 2 is 1.06 bits per heavy atom. The zero-order valence-corrected chi connectivity index (χ0v) is 21.6. The fraction of sp³-hybridized carbons (Fsp3) is 0.476. The Bertz CT molecular complexity index is 867. The van der Waals surface area contributed by atoms with Crippen LogP contribution in [0.4, 0.5) is 5.69 Å². The molecular formula is C21H25EuN4O10-2. The van der Waals surface area contributed by atoms with Crippen LogP contribution in [0.15, 0.2) is 24.3 Å². The first-order valence-electron chi connectivity index (χ1n) is 10.4. The molecule has 198 valence electrons. The zero-order chi connectivity index (χ0) is 26.5. The van der Waals surface area contributed by atoms with Gasteiger partial charge in [-0.25, -0.2) is 0 Å². The summed E-state index contributed by atoms with van der Waals surface area (Å²) in [6.07, 6.45) is 0.0756. The van der Waals surface area contributed by atoms with Crippen LogP contribution in [-0.2, 0) is 30.4 Å². The molecular weight excluding hydrogens is 620 g/mol. The van der Waals surface area contributed by atoms with Crippen LogP contribution in [0.1, 0.15) is 5.56 Å². The Hall–Kier alpha value is -2.17. The molecule has 1 atom stereocenters. The van der Waals surface area contributed by atoms with Gasteiger partial charge in [-0.1, -0.05) is 12.1 Å². The minimum atomic E-state index is -1.57. The number of nitrogens with zero attached hydrogens (tertiary/aromatic N) is 3. The van der Waals surface area contributed by atoms with Gasteiger partial charge in [0, 0.05) is 64.1 Å². The summed E-state index contributed by atoms with van der Waals surface area (Å²) >= 11 is 0. The number of carboxylic acid groups (broad SMARTS) is 5. The molecule has 36 heavy (non-hydrogen) atoms. The topological polar surface area (TPSA) is 236 Å². The summed E-state index contributed by atoms with van der Waals surface area (Å²) in [5, 5.41) is 55.6. The van der Waals surface area contributed by atoms with Gasteiger partial charge in [0.25, 0.3) is 0 Å². The van der Waals surface area contributed by atoms with E-state index < -0.39 is 68.6 Å². The SMILES string of the molecule is Nc1ccc(CC(CN(CCN(CC(=O)[O-])CC(=O)[O-])CC(=O)[O-])N(CC(=O)[O-])CC(=O)[O-])cc1.[Eu+3]. The largest absolute Gasteiger partial charge is 3.00 e. The number of carbonyl (C=O) groups excluding carboxylic acids is 5. The number of aliphatic carboxylic acids is 5. The van der Waals surface area contributed by atoms with Crippen LogP contribution in [0.5, 0.6) is 0 Å². The summed E-state index contributed by atoms with van der Waals surface area (Å²) in [6.45, 7) is -4.42. The van der Waals surface area contributed by atoms with Gasteiger partial charge >= 0.3 is 49.4 Å². The van der Waals surface area contributed by atoms with E-state index in [0.717, 1.165) is 9.80 Å². The summed E-state index contributed by atoms with van der Waals surface area (Å²) < 4.78 is 0. The Balaban J connectivity index is 0.0000122. The monoisotopic (exact) mass is 646 g/mol. The van der Waals surface area contributed by atoms with Gasteiger partial charge in [0.15, 0.2) is 0 Å². The Labute approximate surface area is 247 Å². The molecule has 0 amide bonds. The van der Waals surface area contributed by atoms with Crippen molar-refractivity contribution in [1.29, 1.82) is 0 Å². The maximum atomic E-state index is 11.3. The summed E-state index contributed by atoms with van der Waals surface area (Å²) in [7, 11) is 0. The molecule has 0 aliphatic rings. The summed E-state index contributed by atoms with van der Waals surface area (Å²) in [4.78, 5) is 58.8. The number of nitrogen functional groups attached to an aromatic ring is 1. The van der Waals surface area contributed by atoms with Crippen molar-refractivity contribution in [2.24, 2.45) is 0 Å². The molecule has 0 bridgehead atoms. The fourth-order valence-corrected chi connectivity index (χ4v) is 3.46. The molecule has 1 unspecified atom stereocenters. The van der Waals surface area contributed by atoms with Crippen LogP contribution in [0.2, 0.25) is 0 Å². The van der Waals surface area contributed by atoms with Crippen molar-refractivity contribution >= 4 is 35.5 Å². The van der Waals surface area contributed by atoms with E-state index >= 15 is 0 Å². The third-order valence-electron chi connectivity index (χ3n) is 4.89. The van der Waals surface area contributed by atoms with Crippen LogP contribution in [0.25, 0.3) is 0 Å². The van der Waals surface area contributed by atoms with Gasteiger partial charge in [-0.05, 0) is 24.1 Å². The first-order valence-corrected chi connectivity index (χ1v) is 10.4. The fourth-order valence-electron chi connectivity index (χ4n) is 3.46. The predicted molar refractivity (Wildman–Crippen MR) is 108 cm³/mol. The van der Waals surface area contributed by atoms with Crippen molar-refractivity contribution < 1.29 is 98.9 Å². The molecule has 1 aromatic rings. The van der Waals surface area contributed by atoms with E-state index in [-0.39, 0.29) is 75.4 Å². The minimum Gasteiger partial charge on any atom is -0.549 e. The molecule has 0 spiro atoms. The van der Waals surface area contributed by atoms with E-state index in [0.29, 0.717) is 11.3 Å². The molecule has 15 heteroatoms. The molecule has 0 fully saturated rings. The number of rotatable bonds is 18. The summed E-state index contributed by atoms with van der Waals surface area (Å²) in [5.74, 6) is -7.79. The maximum absolute atomic E-state index is 11.3. The molecule has 1 rings (SSSR count). The zero-order valence-electron chi connectivity index (χ0n) is 19.1. The number of hydrogen-bond acceptors (Lipinski definition) is 14. The molecule has 0 radical (unpaired) electrons. The quantitative estimate of drug-likeness (QED) is 0.146. The number of anilines is 1. The van der Waals surface area contributed by atoms with E-state index in [1.54, 1.807) is 24.3 Å². The molecule has 0 aliphatic carbocycles. The van der Waals surface area contributed by atoms with E-state index in [1.807, 2.05) is 0 Å². The first-order chi connectivity index (χ1) is 16.3. The smallest absolute Gasteiger partial charge is 0.549 e. The van der Waals surface area contributed by atoms with Gasteiger partial charge in [0.05, 0.1) is 29.8 Å². The summed E-state index contributed by atoms with van der Waals surface area (Å²) in [6, 6.07) is 5.52. The molecule has 14 nitrogen and oxygen atoms in total. The standard InChI is InChI=1S/C21H30N4O10.Eu/c22-15-3-1-14(2-4-15)7-16(25(12-20(32)33)13-21(34)35)8-23(9-17(26)27)5-6-24(10-18(28)29)11-19(30)31;/h1-4,16H,5-13,22H2,(H,26,27)(H,28,29)(H,30,31)(H,32,33)(H,34,35);/q;+3/p-5. The normalized spacial score (nSPS) is 11.8. The maximum Gasteiger partial charge on any atom is 3.00 e. The van der Waals surface area contributed by atoms with Crippen molar-refractivity contribution in [3.05, 3.63) is 29.8 Å². The van der Waals surface area contributed by atoms with Crippen LogP contribution >= 0.6 is 0 Å². The molecule has 2 N–H and O–H groups in total. The minimum absolute atomic E-state index is 0. The molecule has 1 aromatic carbocycles. The van der Waals surface area contributed by atoms with Gasteiger partial charge in [0.1, 0.15) is 0 Å². The Kier molecular flexibility index (Phi) is 16.3. The van der Waals surface area contributed by atoms with Crippen LogP contribution in [-0.4, -0.2) is 103 Å². The second-order valence-electron chi connectivity index (χ2n) is 7.81. The molecule has 0 aliphatic heterocycles. The molecule has 0 saturated carbocycles. The van der Waals surface area contributed by atoms with Crippen molar-refractivity contribution in [2.45, 2.75) is 12.5 Å². The number of benzene rings is 1. The van der Waals surface area contributed by atoms with Crippen molar-refractivity contribution in [3.8, 4) is 0 Å². The summed E-state index contributed by atoms with van der Waals surface area (Å²) in [5.41, 5.74) is 6.75. The number of nitrogens with two attached hydrogens (primary N) is 1. The number of hydrogen-bond donors (Lipinski definition) is 1. The van der Waals surface area contributed by atoms with Gasteiger partial charge in [-0.2, -0.15) is 0 Å². The van der Waals surface area contributed by atoms with E-state index in [9.17, 15) is 49.5 Å². The third kappa shape index (κ3) is 15.1. The second kappa shape index (κ2) is 17.3. The number of carboxylic acids is 5. The second-order valence-corrected chi connectivity index (χ2v) is 7.81. The van der Waals surface area contributed by atoms with Gasteiger partial charge in [-0.3, -0.25) is 14.7 Å². The van der Waals surface area contributed by atoms with Crippen molar-refractivity contribution in [2.75, 3.05) is 58.1 Å². The predicted octanol–water partition coefficient (Wildman–Crippen LogP) is -8.16. The van der Waals surface area contributed by atoms with Crippen molar-refractivity contribution in [1.82, 2.24) is 14.7 Å². The van der Waals surface area contributed by atoms with E-state index in [1.165, 1.54) is 4.90 Å². The Morgan fingerprint density at radius 1 is 0.667 bits per heavy atom. The van der Waals surface area contributed by atoms with E-state index in [2.05, 4.69) is 0 Å². The van der Waals surface area contributed by atoms with Crippen LogP contribution in [0.3, 0.4) is 0 Å². The molecule has 0 saturated heterocycles. The van der Waals surface area contributed by atoms with Gasteiger partial charge < -0.3 is 55.2 Å². The van der Waals surface area contributed by atoms with Gasteiger partial charge in [0.2, 0.25) is 0 Å². The first kappa shape index (κ1) is 33.8. The van der Waals surface area contributed by atoms with Gasteiger partial charge in [-0.15, -0.1) is 0 Å². The van der Waals surface area contributed by atoms with Crippen molar-refractivity contribution in [3.63, 3.8) is 0 Å².